The number of halogens is 1. The topological polar surface area (TPSA) is 27.7 Å². The second kappa shape index (κ2) is 12.8. The average Bonchev–Trinajstić information content (AvgIpc) is 2.83. The zero-order chi connectivity index (χ0) is 27.9. The fourth-order valence-electron chi connectivity index (χ4n) is 5.67. The third-order valence-electron chi connectivity index (χ3n) is 7.13. The monoisotopic (exact) mass is 519 g/mol. The van der Waals surface area contributed by atoms with E-state index in [1.165, 1.54) is 11.1 Å². The van der Waals surface area contributed by atoms with Crippen LogP contribution in [0, 0.1) is 12.7 Å². The predicted octanol–water partition coefficient (Wildman–Crippen LogP) is 7.60. The molecule has 2 aromatic rings. The Morgan fingerprint density at radius 1 is 1.05 bits per heavy atom. The Kier molecular flexibility index (Phi) is 9.97. The van der Waals surface area contributed by atoms with Gasteiger partial charge < -0.3 is 15.0 Å². The van der Waals surface area contributed by atoms with Crippen LogP contribution in [0.4, 0.5) is 10.1 Å². The van der Waals surface area contributed by atoms with Crippen LogP contribution >= 0.6 is 0 Å². The fourth-order valence-corrected chi connectivity index (χ4v) is 5.67. The average molecular weight is 520 g/mol. The third kappa shape index (κ3) is 7.81. The van der Waals surface area contributed by atoms with E-state index in [0.29, 0.717) is 25.2 Å². The zero-order valence-electron chi connectivity index (χ0n) is 24.0. The molecule has 0 bridgehead atoms. The fraction of sp³-hybridized carbons (Fsp3) is 0.455. The molecule has 3 rings (SSSR count). The summed E-state index contributed by atoms with van der Waals surface area (Å²) in [7, 11) is 0. The SMILES string of the molecule is C=CCCC(C=C)N(C=C)Cc1c(C)cccc1NCc1cccc(CN2CC(C)(C)OC(C)(C)C2)c1F. The Labute approximate surface area is 229 Å². The van der Waals surface area contributed by atoms with Gasteiger partial charge in [-0.15, -0.1) is 13.2 Å². The summed E-state index contributed by atoms with van der Waals surface area (Å²) in [6.45, 7) is 25.6. The lowest BCUT2D eigenvalue weighted by Crippen LogP contribution is -2.56. The molecule has 1 fully saturated rings. The lowest BCUT2D eigenvalue weighted by atomic mass is 9.98. The van der Waals surface area contributed by atoms with Gasteiger partial charge in [-0.3, -0.25) is 4.90 Å². The van der Waals surface area contributed by atoms with Gasteiger partial charge in [0.25, 0.3) is 0 Å². The minimum absolute atomic E-state index is 0.139. The first-order valence-electron chi connectivity index (χ1n) is 13.6. The van der Waals surface area contributed by atoms with Crippen LogP contribution in [-0.4, -0.2) is 40.1 Å². The molecule has 1 atom stereocenters. The van der Waals surface area contributed by atoms with Crippen LogP contribution in [0.15, 0.2) is 74.5 Å². The van der Waals surface area contributed by atoms with Crippen LogP contribution < -0.4 is 5.32 Å². The van der Waals surface area contributed by atoms with Crippen LogP contribution in [0.25, 0.3) is 0 Å². The summed E-state index contributed by atoms with van der Waals surface area (Å²) in [4.78, 5) is 4.50. The molecular formula is C33H46FN3O. The lowest BCUT2D eigenvalue weighted by molar-refractivity contribution is -0.182. The highest BCUT2D eigenvalue weighted by atomic mass is 19.1. The highest BCUT2D eigenvalue weighted by Gasteiger charge is 2.38. The Bertz CT molecular complexity index is 1110. The van der Waals surface area contributed by atoms with E-state index in [0.717, 1.165) is 37.2 Å². The summed E-state index contributed by atoms with van der Waals surface area (Å²) in [6, 6.07) is 12.1. The molecule has 1 aliphatic rings. The maximum Gasteiger partial charge on any atom is 0.132 e. The molecule has 0 radical (unpaired) electrons. The van der Waals surface area contributed by atoms with Crippen molar-refractivity contribution in [2.24, 2.45) is 0 Å². The minimum atomic E-state index is -0.269. The standard InChI is InChI=1S/C33H46FN3O/c1-9-12-18-28(10-2)37(11-3)22-29-25(4)15-13-19-30(29)35-20-26-16-14-17-27(31(26)34)21-36-23-32(5,6)38-33(7,8)24-36/h9-11,13-17,19,28,35H,1-3,12,18,20-24H2,4-8H3. The van der Waals surface area contributed by atoms with Gasteiger partial charge in [0.1, 0.15) is 5.82 Å². The van der Waals surface area contributed by atoms with Crippen molar-refractivity contribution < 1.29 is 9.13 Å². The normalized spacial score (nSPS) is 17.4. The van der Waals surface area contributed by atoms with Gasteiger partial charge in [0.2, 0.25) is 0 Å². The highest BCUT2D eigenvalue weighted by molar-refractivity contribution is 5.55. The number of nitrogens with one attached hydrogen (secondary N) is 1. The number of allylic oxidation sites excluding steroid dienone is 1. The van der Waals surface area contributed by atoms with Gasteiger partial charge in [-0.25, -0.2) is 4.39 Å². The number of hydrogen-bond donors (Lipinski definition) is 1. The molecule has 1 unspecified atom stereocenters. The van der Waals surface area contributed by atoms with Crippen molar-refractivity contribution in [1.29, 1.82) is 0 Å². The Hall–Kier alpha value is -2.89. The van der Waals surface area contributed by atoms with Crippen LogP contribution in [-0.2, 0) is 24.4 Å². The van der Waals surface area contributed by atoms with Crippen molar-refractivity contribution in [3.8, 4) is 0 Å². The molecule has 1 saturated heterocycles. The third-order valence-corrected chi connectivity index (χ3v) is 7.13. The van der Waals surface area contributed by atoms with Gasteiger partial charge in [-0.1, -0.05) is 49.1 Å². The zero-order valence-corrected chi connectivity index (χ0v) is 24.0. The molecular weight excluding hydrogens is 473 g/mol. The number of benzene rings is 2. The lowest BCUT2D eigenvalue weighted by Gasteiger charge is -2.47. The summed E-state index contributed by atoms with van der Waals surface area (Å²) in [5.74, 6) is -0.139. The molecule has 0 spiro atoms. The summed E-state index contributed by atoms with van der Waals surface area (Å²) in [5.41, 5.74) is 4.20. The molecule has 5 heteroatoms. The van der Waals surface area contributed by atoms with E-state index in [9.17, 15) is 0 Å². The van der Waals surface area contributed by atoms with Crippen molar-refractivity contribution in [2.75, 3.05) is 18.4 Å². The summed E-state index contributed by atoms with van der Waals surface area (Å²) >= 11 is 0. The van der Waals surface area contributed by atoms with Crippen LogP contribution in [0.3, 0.4) is 0 Å². The first kappa shape index (κ1) is 29.7. The van der Waals surface area contributed by atoms with Crippen LogP contribution in [0.5, 0.6) is 0 Å². The number of ether oxygens (including phenoxy) is 1. The smallest absolute Gasteiger partial charge is 0.132 e. The van der Waals surface area contributed by atoms with E-state index in [-0.39, 0.29) is 23.1 Å². The van der Waals surface area contributed by atoms with Crippen LogP contribution in [0.2, 0.25) is 0 Å². The molecule has 0 amide bonds. The molecule has 38 heavy (non-hydrogen) atoms. The number of anilines is 1. The number of rotatable bonds is 13. The first-order valence-corrected chi connectivity index (χ1v) is 13.6. The number of aryl methyl sites for hydroxylation is 1. The Balaban J connectivity index is 1.76. The van der Waals surface area contributed by atoms with E-state index in [4.69, 9.17) is 4.74 Å². The van der Waals surface area contributed by atoms with Gasteiger partial charge >= 0.3 is 0 Å². The maximum absolute atomic E-state index is 15.7. The molecule has 2 aromatic carbocycles. The van der Waals surface area contributed by atoms with E-state index < -0.39 is 0 Å². The van der Waals surface area contributed by atoms with Gasteiger partial charge in [-0.2, -0.15) is 0 Å². The molecule has 1 N–H and O–H groups in total. The second-order valence-electron chi connectivity index (χ2n) is 11.6. The van der Waals surface area contributed by atoms with E-state index in [2.05, 4.69) is 81.6 Å². The largest absolute Gasteiger partial charge is 0.381 e. The van der Waals surface area contributed by atoms with Crippen molar-refractivity contribution in [3.05, 3.63) is 103 Å². The van der Waals surface area contributed by atoms with Gasteiger partial charge in [0.05, 0.1) is 11.2 Å². The summed E-state index contributed by atoms with van der Waals surface area (Å²) in [6.07, 6.45) is 7.62. The molecule has 0 saturated carbocycles. The minimum Gasteiger partial charge on any atom is -0.381 e. The number of hydrogen-bond acceptors (Lipinski definition) is 4. The van der Waals surface area contributed by atoms with Crippen molar-refractivity contribution >= 4 is 5.69 Å². The van der Waals surface area contributed by atoms with Crippen molar-refractivity contribution in [2.45, 2.75) is 84.3 Å². The van der Waals surface area contributed by atoms with E-state index >= 15 is 4.39 Å². The Morgan fingerprint density at radius 3 is 2.34 bits per heavy atom. The quantitative estimate of drug-likeness (QED) is 0.276. The number of morpholine rings is 1. The Morgan fingerprint density at radius 2 is 1.71 bits per heavy atom. The van der Waals surface area contributed by atoms with E-state index in [1.807, 2.05) is 42.6 Å². The van der Waals surface area contributed by atoms with E-state index in [1.54, 1.807) is 0 Å². The highest BCUT2D eigenvalue weighted by Crippen LogP contribution is 2.30. The maximum atomic E-state index is 15.7. The van der Waals surface area contributed by atoms with Gasteiger partial charge in [0, 0.05) is 55.6 Å². The van der Waals surface area contributed by atoms with Crippen molar-refractivity contribution in [3.63, 3.8) is 0 Å². The predicted molar refractivity (Wildman–Crippen MR) is 159 cm³/mol. The number of nitrogens with zero attached hydrogens (tertiary/aromatic N) is 2. The second-order valence-corrected chi connectivity index (χ2v) is 11.6. The van der Waals surface area contributed by atoms with Gasteiger partial charge in [-0.05, 0) is 70.9 Å². The molecule has 206 valence electrons. The molecule has 1 aliphatic heterocycles. The van der Waals surface area contributed by atoms with Crippen molar-refractivity contribution in [1.82, 2.24) is 9.80 Å². The molecule has 0 aromatic heterocycles. The van der Waals surface area contributed by atoms with Crippen LogP contribution in [0.1, 0.15) is 62.8 Å². The first-order chi connectivity index (χ1) is 18.0. The molecule has 1 heterocycles. The summed E-state index contributed by atoms with van der Waals surface area (Å²) < 4.78 is 21.9. The molecule has 0 aliphatic carbocycles. The van der Waals surface area contributed by atoms with Gasteiger partial charge in [0.15, 0.2) is 0 Å². The molecule has 4 nitrogen and oxygen atoms in total. The summed E-state index contributed by atoms with van der Waals surface area (Å²) in [5, 5.41) is 3.52.